The number of anilines is 1. The number of hydrogen-bond donors (Lipinski definition) is 1. The molecule has 88 valence electrons. The molecule has 1 aliphatic heterocycles. The normalized spacial score (nSPS) is 18.7. The fourth-order valence-corrected chi connectivity index (χ4v) is 1.85. The van der Waals surface area contributed by atoms with Gasteiger partial charge in [0.05, 0.1) is 0 Å². The van der Waals surface area contributed by atoms with Gasteiger partial charge in [-0.2, -0.15) is 0 Å². The van der Waals surface area contributed by atoms with E-state index in [1.54, 1.807) is 0 Å². The van der Waals surface area contributed by atoms with Crippen LogP contribution in [-0.4, -0.2) is 53.1 Å². The molecule has 0 aliphatic carbocycles. The topological polar surface area (TPSA) is 44.3 Å². The van der Waals surface area contributed by atoms with Gasteiger partial charge in [0.15, 0.2) is 0 Å². The molecular weight excluding hydrogens is 202 g/mol. The first kappa shape index (κ1) is 11.3. The third-order valence-corrected chi connectivity index (χ3v) is 2.74. The Morgan fingerprint density at radius 3 is 2.44 bits per heavy atom. The molecular formula is C11H19N5. The Hall–Kier alpha value is -1.20. The first-order valence-electron chi connectivity index (χ1n) is 5.66. The molecule has 5 heteroatoms. The van der Waals surface area contributed by atoms with E-state index in [1.165, 1.54) is 0 Å². The van der Waals surface area contributed by atoms with Gasteiger partial charge in [-0.05, 0) is 20.9 Å². The van der Waals surface area contributed by atoms with Gasteiger partial charge in [-0.1, -0.05) is 0 Å². The van der Waals surface area contributed by atoms with Crippen LogP contribution in [0.15, 0.2) is 6.07 Å². The third-order valence-electron chi connectivity index (χ3n) is 2.74. The lowest BCUT2D eigenvalue weighted by molar-refractivity contribution is 0.178. The van der Waals surface area contributed by atoms with Crippen molar-refractivity contribution < 1.29 is 0 Å². The van der Waals surface area contributed by atoms with Crippen molar-refractivity contribution in [3.05, 3.63) is 17.6 Å². The van der Waals surface area contributed by atoms with Gasteiger partial charge in [0.1, 0.15) is 11.6 Å². The molecule has 1 N–H and O–H groups in total. The highest BCUT2D eigenvalue weighted by Crippen LogP contribution is 2.08. The van der Waals surface area contributed by atoms with Crippen LogP contribution in [0.4, 0.5) is 5.82 Å². The van der Waals surface area contributed by atoms with E-state index in [4.69, 9.17) is 0 Å². The Balaban J connectivity index is 1.98. The summed E-state index contributed by atoms with van der Waals surface area (Å²) in [6, 6.07) is 1.98. The van der Waals surface area contributed by atoms with Crippen LogP contribution < -0.4 is 5.43 Å². The van der Waals surface area contributed by atoms with Crippen molar-refractivity contribution in [2.24, 2.45) is 0 Å². The van der Waals surface area contributed by atoms with Crippen molar-refractivity contribution in [2.75, 3.05) is 38.7 Å². The number of nitrogens with one attached hydrogen (secondary N) is 1. The number of piperazine rings is 1. The van der Waals surface area contributed by atoms with E-state index in [1.807, 2.05) is 19.9 Å². The highest BCUT2D eigenvalue weighted by atomic mass is 15.5. The lowest BCUT2D eigenvalue weighted by Crippen LogP contribution is -2.47. The molecule has 2 rings (SSSR count). The maximum atomic E-state index is 4.37. The van der Waals surface area contributed by atoms with Crippen LogP contribution in [0.3, 0.4) is 0 Å². The Kier molecular flexibility index (Phi) is 3.36. The van der Waals surface area contributed by atoms with Crippen molar-refractivity contribution in [3.63, 3.8) is 0 Å². The highest BCUT2D eigenvalue weighted by molar-refractivity contribution is 5.34. The lowest BCUT2D eigenvalue weighted by Gasteiger charge is -2.32. The van der Waals surface area contributed by atoms with Crippen LogP contribution in [-0.2, 0) is 0 Å². The lowest BCUT2D eigenvalue weighted by atomic mass is 10.4. The van der Waals surface area contributed by atoms with E-state index >= 15 is 0 Å². The van der Waals surface area contributed by atoms with E-state index < -0.39 is 0 Å². The van der Waals surface area contributed by atoms with Gasteiger partial charge in [0.25, 0.3) is 0 Å². The van der Waals surface area contributed by atoms with E-state index in [-0.39, 0.29) is 0 Å². The van der Waals surface area contributed by atoms with Crippen LogP contribution >= 0.6 is 0 Å². The summed E-state index contributed by atoms with van der Waals surface area (Å²) in [6.07, 6.45) is 0. The van der Waals surface area contributed by atoms with Crippen LogP contribution in [0.2, 0.25) is 0 Å². The van der Waals surface area contributed by atoms with Gasteiger partial charge in [-0.25, -0.2) is 15.0 Å². The van der Waals surface area contributed by atoms with Crippen molar-refractivity contribution in [1.82, 2.24) is 19.9 Å². The van der Waals surface area contributed by atoms with Gasteiger partial charge in [0.2, 0.25) is 0 Å². The van der Waals surface area contributed by atoms with Crippen molar-refractivity contribution in [1.29, 1.82) is 0 Å². The molecule has 1 aliphatic rings. The van der Waals surface area contributed by atoms with Crippen molar-refractivity contribution in [2.45, 2.75) is 13.8 Å². The summed E-state index contributed by atoms with van der Waals surface area (Å²) in [7, 11) is 2.15. The van der Waals surface area contributed by atoms with Crippen LogP contribution in [0, 0.1) is 13.8 Å². The number of aryl methyl sites for hydroxylation is 2. The zero-order chi connectivity index (χ0) is 11.5. The number of hydrazine groups is 1. The summed E-state index contributed by atoms with van der Waals surface area (Å²) in [6.45, 7) is 8.15. The Labute approximate surface area is 96.5 Å². The predicted octanol–water partition coefficient (Wildman–Crippen LogP) is 0.668. The molecule has 16 heavy (non-hydrogen) atoms. The molecule has 0 bridgehead atoms. The van der Waals surface area contributed by atoms with Gasteiger partial charge in [-0.15, -0.1) is 0 Å². The Morgan fingerprint density at radius 2 is 1.81 bits per heavy atom. The number of rotatable bonds is 2. The minimum atomic E-state index is 0.816. The SMILES string of the molecule is Cc1cc(NN2CCN(C)CC2)nc(C)n1. The van der Waals surface area contributed by atoms with E-state index in [0.29, 0.717) is 0 Å². The van der Waals surface area contributed by atoms with E-state index in [0.717, 1.165) is 43.5 Å². The molecule has 1 saturated heterocycles. The molecule has 0 saturated carbocycles. The van der Waals surface area contributed by atoms with E-state index in [9.17, 15) is 0 Å². The zero-order valence-electron chi connectivity index (χ0n) is 10.2. The average Bonchev–Trinajstić information content (AvgIpc) is 2.20. The number of hydrogen-bond acceptors (Lipinski definition) is 5. The molecule has 0 radical (unpaired) electrons. The maximum Gasteiger partial charge on any atom is 0.144 e. The zero-order valence-corrected chi connectivity index (χ0v) is 10.2. The second kappa shape index (κ2) is 4.76. The largest absolute Gasteiger partial charge is 0.304 e. The van der Waals surface area contributed by atoms with Crippen LogP contribution in [0.1, 0.15) is 11.5 Å². The van der Waals surface area contributed by atoms with Gasteiger partial charge in [0, 0.05) is 37.9 Å². The maximum absolute atomic E-state index is 4.37. The smallest absolute Gasteiger partial charge is 0.144 e. The molecule has 1 fully saturated rings. The van der Waals surface area contributed by atoms with Crippen molar-refractivity contribution in [3.8, 4) is 0 Å². The molecule has 2 heterocycles. The van der Waals surface area contributed by atoms with Gasteiger partial charge >= 0.3 is 0 Å². The summed E-state index contributed by atoms with van der Waals surface area (Å²) in [5, 5.41) is 2.21. The molecule has 0 unspecified atom stereocenters. The molecule has 0 aromatic carbocycles. The number of nitrogens with zero attached hydrogens (tertiary/aromatic N) is 4. The molecule has 0 spiro atoms. The molecule has 1 aromatic heterocycles. The Morgan fingerprint density at radius 1 is 1.12 bits per heavy atom. The van der Waals surface area contributed by atoms with Crippen LogP contribution in [0.25, 0.3) is 0 Å². The standard InChI is InChI=1S/C11H19N5/c1-9-8-11(13-10(2)12-9)14-16-6-4-15(3)5-7-16/h8H,4-7H2,1-3H3,(H,12,13,14). The van der Waals surface area contributed by atoms with E-state index in [2.05, 4.69) is 32.4 Å². The summed E-state index contributed by atoms with van der Waals surface area (Å²) in [5.41, 5.74) is 4.34. The molecule has 0 atom stereocenters. The number of aromatic nitrogens is 2. The fourth-order valence-electron chi connectivity index (χ4n) is 1.85. The molecule has 1 aromatic rings. The quantitative estimate of drug-likeness (QED) is 0.795. The fraction of sp³-hybridized carbons (Fsp3) is 0.636. The molecule has 5 nitrogen and oxygen atoms in total. The Bertz CT molecular complexity index is 337. The number of likely N-dealkylation sites (N-methyl/N-ethyl adjacent to an activating group) is 1. The van der Waals surface area contributed by atoms with Gasteiger partial charge < -0.3 is 10.3 Å². The highest BCUT2D eigenvalue weighted by Gasteiger charge is 2.13. The van der Waals surface area contributed by atoms with Crippen LogP contribution in [0.5, 0.6) is 0 Å². The second-order valence-corrected chi connectivity index (χ2v) is 4.34. The summed E-state index contributed by atoms with van der Waals surface area (Å²) in [5.74, 6) is 1.71. The summed E-state index contributed by atoms with van der Waals surface area (Å²) >= 11 is 0. The second-order valence-electron chi connectivity index (χ2n) is 4.34. The minimum absolute atomic E-state index is 0.816. The van der Waals surface area contributed by atoms with Crippen molar-refractivity contribution >= 4 is 5.82 Å². The molecule has 0 amide bonds. The average molecular weight is 221 g/mol. The first-order chi connectivity index (χ1) is 7.63. The third kappa shape index (κ3) is 2.90. The monoisotopic (exact) mass is 221 g/mol. The first-order valence-corrected chi connectivity index (χ1v) is 5.66. The predicted molar refractivity (Wildman–Crippen MR) is 64.2 cm³/mol. The summed E-state index contributed by atoms with van der Waals surface area (Å²) < 4.78 is 0. The minimum Gasteiger partial charge on any atom is -0.304 e. The summed E-state index contributed by atoms with van der Waals surface area (Å²) in [4.78, 5) is 11.0. The van der Waals surface area contributed by atoms with Gasteiger partial charge in [-0.3, -0.25) is 0 Å².